The Morgan fingerprint density at radius 2 is 2.10 bits per heavy atom. The van der Waals surface area contributed by atoms with Crippen LogP contribution < -0.4 is 5.32 Å². The summed E-state index contributed by atoms with van der Waals surface area (Å²) >= 11 is 5.88. The van der Waals surface area contributed by atoms with E-state index in [9.17, 15) is 4.39 Å². The first-order chi connectivity index (χ1) is 10.1. The molecule has 0 unspecified atom stereocenters. The van der Waals surface area contributed by atoms with Crippen molar-refractivity contribution in [2.45, 2.75) is 6.92 Å². The van der Waals surface area contributed by atoms with Crippen LogP contribution in [0.1, 0.15) is 5.56 Å². The lowest BCUT2D eigenvalue weighted by molar-refractivity contribution is 0.630. The summed E-state index contributed by atoms with van der Waals surface area (Å²) in [5.41, 5.74) is 1.03. The number of aromatic nitrogens is 5. The summed E-state index contributed by atoms with van der Waals surface area (Å²) in [4.78, 5) is 16.0. The molecular weight excluding hydrogens is 295 g/mol. The number of aryl methyl sites for hydroxylation is 1. The van der Waals surface area contributed by atoms with Crippen LogP contribution in [0.3, 0.4) is 0 Å². The Bertz CT molecular complexity index is 754. The molecule has 3 rings (SSSR count). The van der Waals surface area contributed by atoms with Crippen molar-refractivity contribution >= 4 is 23.2 Å². The van der Waals surface area contributed by atoms with Crippen LogP contribution in [0.2, 0.25) is 5.28 Å². The summed E-state index contributed by atoms with van der Waals surface area (Å²) in [5.74, 6) is 0.0617. The zero-order valence-electron chi connectivity index (χ0n) is 11.0. The Hall–Kier alpha value is -2.54. The van der Waals surface area contributed by atoms with Gasteiger partial charge in [-0.1, -0.05) is 12.1 Å². The monoisotopic (exact) mass is 304 g/mol. The largest absolute Gasteiger partial charge is 0.321 e. The van der Waals surface area contributed by atoms with Crippen LogP contribution in [0, 0.1) is 12.7 Å². The molecule has 0 atom stereocenters. The van der Waals surface area contributed by atoms with Crippen LogP contribution in [-0.4, -0.2) is 24.5 Å². The maximum atomic E-state index is 13.8. The van der Waals surface area contributed by atoms with Gasteiger partial charge in [-0.15, -0.1) is 0 Å². The highest BCUT2D eigenvalue weighted by Crippen LogP contribution is 2.22. The normalized spacial score (nSPS) is 10.6. The maximum Gasteiger partial charge on any atom is 0.241 e. The molecule has 0 bridgehead atoms. The number of benzene rings is 1. The minimum absolute atomic E-state index is 0.00481. The van der Waals surface area contributed by atoms with Crippen LogP contribution in [0.5, 0.6) is 0 Å². The molecule has 0 aliphatic heterocycles. The van der Waals surface area contributed by atoms with E-state index in [-0.39, 0.29) is 11.2 Å². The number of halogens is 2. The topological polar surface area (TPSA) is 68.5 Å². The molecule has 8 heteroatoms. The highest BCUT2D eigenvalue weighted by atomic mass is 35.5. The second-order valence-corrected chi connectivity index (χ2v) is 4.59. The molecule has 1 aromatic carbocycles. The van der Waals surface area contributed by atoms with Gasteiger partial charge in [0.25, 0.3) is 0 Å². The number of imidazole rings is 1. The molecule has 2 aromatic heterocycles. The minimum Gasteiger partial charge on any atom is -0.321 e. The third-order valence-electron chi connectivity index (χ3n) is 2.79. The van der Waals surface area contributed by atoms with Gasteiger partial charge in [-0.25, -0.2) is 9.37 Å². The number of nitrogens with one attached hydrogen (secondary N) is 1. The Labute approximate surface area is 124 Å². The first-order valence-electron chi connectivity index (χ1n) is 6.05. The Morgan fingerprint density at radius 3 is 2.81 bits per heavy atom. The molecule has 0 saturated carbocycles. The Kier molecular flexibility index (Phi) is 3.49. The Morgan fingerprint density at radius 1 is 1.24 bits per heavy atom. The van der Waals surface area contributed by atoms with Crippen molar-refractivity contribution in [1.29, 1.82) is 0 Å². The first kappa shape index (κ1) is 13.4. The van der Waals surface area contributed by atoms with Crippen molar-refractivity contribution in [3.05, 3.63) is 53.6 Å². The number of anilines is 2. The molecular formula is C13H10ClFN6. The number of hydrogen-bond donors (Lipinski definition) is 1. The molecule has 0 fully saturated rings. The molecule has 106 valence electrons. The van der Waals surface area contributed by atoms with Gasteiger partial charge in [-0.3, -0.25) is 4.57 Å². The van der Waals surface area contributed by atoms with Gasteiger partial charge >= 0.3 is 0 Å². The molecule has 6 nitrogen and oxygen atoms in total. The summed E-state index contributed by atoms with van der Waals surface area (Å²) in [6.45, 7) is 1.78. The maximum absolute atomic E-state index is 13.8. The lowest BCUT2D eigenvalue weighted by Crippen LogP contribution is -2.06. The standard InChI is InChI=1S/C13H10ClFN6/c1-8-3-2-4-9(15)10(8)17-12-18-11(14)19-13(20-12)21-6-5-16-7-21/h2-7H,1H3,(H,17,18,19,20). The molecule has 2 heterocycles. The van der Waals surface area contributed by atoms with Crippen molar-refractivity contribution in [3.8, 4) is 5.95 Å². The SMILES string of the molecule is Cc1cccc(F)c1Nc1nc(Cl)nc(-n2ccnc2)n1. The molecule has 0 radical (unpaired) electrons. The number of hydrogen-bond acceptors (Lipinski definition) is 5. The molecule has 0 amide bonds. The zero-order chi connectivity index (χ0) is 14.8. The van der Waals surface area contributed by atoms with E-state index in [1.807, 2.05) is 0 Å². The van der Waals surface area contributed by atoms with E-state index in [0.29, 0.717) is 11.6 Å². The van der Waals surface area contributed by atoms with Crippen molar-refractivity contribution in [2.75, 3.05) is 5.32 Å². The van der Waals surface area contributed by atoms with E-state index in [1.165, 1.54) is 12.4 Å². The first-order valence-corrected chi connectivity index (χ1v) is 6.43. The third kappa shape index (κ3) is 2.82. The van der Waals surface area contributed by atoms with Gasteiger partial charge in [-0.2, -0.15) is 15.0 Å². The minimum atomic E-state index is -0.393. The number of nitrogens with zero attached hydrogens (tertiary/aromatic N) is 5. The van der Waals surface area contributed by atoms with Gasteiger partial charge in [0.2, 0.25) is 17.2 Å². The van der Waals surface area contributed by atoms with Gasteiger partial charge in [-0.05, 0) is 30.2 Å². The van der Waals surface area contributed by atoms with Gasteiger partial charge in [0, 0.05) is 12.4 Å². The van der Waals surface area contributed by atoms with E-state index in [4.69, 9.17) is 11.6 Å². The second kappa shape index (κ2) is 5.45. The van der Waals surface area contributed by atoms with E-state index in [1.54, 1.807) is 36.0 Å². The highest BCUT2D eigenvalue weighted by molar-refractivity contribution is 6.28. The fourth-order valence-corrected chi connectivity index (χ4v) is 1.95. The Balaban J connectivity index is 2.00. The average molecular weight is 305 g/mol. The molecule has 0 saturated heterocycles. The average Bonchev–Trinajstić information content (AvgIpc) is 2.97. The zero-order valence-corrected chi connectivity index (χ0v) is 11.7. The second-order valence-electron chi connectivity index (χ2n) is 4.25. The van der Waals surface area contributed by atoms with Crippen LogP contribution in [-0.2, 0) is 0 Å². The predicted octanol–water partition coefficient (Wildman–Crippen LogP) is 2.90. The van der Waals surface area contributed by atoms with Crippen molar-refractivity contribution in [2.24, 2.45) is 0 Å². The van der Waals surface area contributed by atoms with Gasteiger partial charge in [0.05, 0.1) is 5.69 Å². The van der Waals surface area contributed by atoms with Gasteiger partial charge in [0.1, 0.15) is 12.1 Å². The molecule has 0 spiro atoms. The van der Waals surface area contributed by atoms with E-state index in [2.05, 4.69) is 25.3 Å². The van der Waals surface area contributed by atoms with E-state index in [0.717, 1.165) is 5.56 Å². The van der Waals surface area contributed by atoms with Crippen molar-refractivity contribution < 1.29 is 4.39 Å². The summed E-state index contributed by atoms with van der Waals surface area (Å²) < 4.78 is 15.4. The van der Waals surface area contributed by atoms with Gasteiger partial charge in [0.15, 0.2) is 0 Å². The van der Waals surface area contributed by atoms with Crippen LogP contribution in [0.4, 0.5) is 16.0 Å². The lowest BCUT2D eigenvalue weighted by atomic mass is 10.2. The summed E-state index contributed by atoms with van der Waals surface area (Å²) in [6, 6.07) is 4.77. The van der Waals surface area contributed by atoms with Crippen LogP contribution >= 0.6 is 11.6 Å². The van der Waals surface area contributed by atoms with Crippen LogP contribution in [0.15, 0.2) is 36.9 Å². The van der Waals surface area contributed by atoms with Crippen LogP contribution in [0.25, 0.3) is 5.95 Å². The molecule has 1 N–H and O–H groups in total. The quantitative estimate of drug-likeness (QED) is 0.806. The summed E-state index contributed by atoms with van der Waals surface area (Å²) in [7, 11) is 0. The van der Waals surface area contributed by atoms with Gasteiger partial charge < -0.3 is 5.32 Å². The smallest absolute Gasteiger partial charge is 0.241 e. The number of rotatable bonds is 3. The fourth-order valence-electron chi connectivity index (χ4n) is 1.79. The number of para-hydroxylation sites is 1. The molecule has 3 aromatic rings. The summed E-state index contributed by atoms with van der Waals surface area (Å²) in [6.07, 6.45) is 4.79. The lowest BCUT2D eigenvalue weighted by Gasteiger charge is -2.10. The predicted molar refractivity (Wildman–Crippen MR) is 76.4 cm³/mol. The highest BCUT2D eigenvalue weighted by Gasteiger charge is 2.10. The van der Waals surface area contributed by atoms with Crippen molar-refractivity contribution in [3.63, 3.8) is 0 Å². The van der Waals surface area contributed by atoms with E-state index >= 15 is 0 Å². The fraction of sp³-hybridized carbons (Fsp3) is 0.0769. The molecule has 0 aliphatic carbocycles. The van der Waals surface area contributed by atoms with Crippen molar-refractivity contribution in [1.82, 2.24) is 24.5 Å². The summed E-state index contributed by atoms with van der Waals surface area (Å²) in [5, 5.41) is 2.83. The third-order valence-corrected chi connectivity index (χ3v) is 2.96. The van der Waals surface area contributed by atoms with E-state index < -0.39 is 5.82 Å². The molecule has 0 aliphatic rings. The molecule has 21 heavy (non-hydrogen) atoms.